The van der Waals surface area contributed by atoms with Gasteiger partial charge in [-0.2, -0.15) is 0 Å². The lowest BCUT2D eigenvalue weighted by Gasteiger charge is -2.27. The summed E-state index contributed by atoms with van der Waals surface area (Å²) in [7, 11) is 1.68. The molecule has 1 aromatic rings. The smallest absolute Gasteiger partial charge is 0.407 e. The number of hydrogen-bond donors (Lipinski definition) is 2. The number of amides is 1. The summed E-state index contributed by atoms with van der Waals surface area (Å²) in [5, 5.41) is 6.42. The highest BCUT2D eigenvalue weighted by Crippen LogP contribution is 2.49. The molecule has 3 saturated heterocycles. The van der Waals surface area contributed by atoms with E-state index in [9.17, 15) is 4.79 Å². The minimum Gasteiger partial charge on any atom is -0.497 e. The number of fused-ring (bicyclic) bond motifs is 1. The van der Waals surface area contributed by atoms with Crippen molar-refractivity contribution >= 4 is 18.0 Å². The van der Waals surface area contributed by atoms with Gasteiger partial charge in [-0.05, 0) is 74.5 Å². The average molecular weight is 478 g/mol. The van der Waals surface area contributed by atoms with Crippen molar-refractivity contribution in [3.8, 4) is 5.75 Å². The van der Waals surface area contributed by atoms with Crippen LogP contribution in [0, 0.1) is 23.7 Å². The van der Waals surface area contributed by atoms with E-state index in [4.69, 9.17) is 18.9 Å². The molecule has 33 heavy (non-hydrogen) atoms. The first kappa shape index (κ1) is 23.2. The zero-order valence-electron chi connectivity index (χ0n) is 19.2. The molecule has 1 saturated carbocycles. The molecule has 5 rings (SSSR count). The lowest BCUT2D eigenvalue weighted by Crippen LogP contribution is -2.37. The summed E-state index contributed by atoms with van der Waals surface area (Å²) in [5.41, 5.74) is 0. The number of carbonyl (C=O) groups excluding carboxylic acids is 1. The second kappa shape index (κ2) is 10.8. The van der Waals surface area contributed by atoms with E-state index in [-0.39, 0.29) is 24.4 Å². The lowest BCUT2D eigenvalue weighted by molar-refractivity contribution is -0.169. The van der Waals surface area contributed by atoms with Crippen LogP contribution < -0.4 is 15.4 Å². The van der Waals surface area contributed by atoms with Crippen LogP contribution in [-0.2, 0) is 14.2 Å². The van der Waals surface area contributed by atoms with E-state index in [1.165, 1.54) is 11.3 Å². The predicted molar refractivity (Wildman–Crippen MR) is 125 cm³/mol. The molecule has 3 aliphatic heterocycles. The van der Waals surface area contributed by atoms with Crippen LogP contribution in [0.15, 0.2) is 29.2 Å². The maximum Gasteiger partial charge on any atom is 0.407 e. The third-order valence-corrected chi connectivity index (χ3v) is 8.38. The SMILES string of the molecule is COc1ccc(SN(CCCNC(=O)OC2C3COC4OCC2C4C3)CC2CCNC2)cc1. The molecule has 6 atom stereocenters. The van der Waals surface area contributed by atoms with E-state index in [2.05, 4.69) is 27.1 Å². The van der Waals surface area contributed by atoms with E-state index >= 15 is 0 Å². The van der Waals surface area contributed by atoms with Crippen LogP contribution in [0.2, 0.25) is 0 Å². The molecule has 8 nitrogen and oxygen atoms in total. The summed E-state index contributed by atoms with van der Waals surface area (Å²) < 4.78 is 25.0. The molecule has 9 heteroatoms. The van der Waals surface area contributed by atoms with Gasteiger partial charge in [0.05, 0.1) is 20.3 Å². The standard InChI is InChI=1S/C24H35N3O5S/c1-29-18-3-5-19(6-4-18)33-27(13-16-7-9-25-12-16)10-2-8-26-24(28)32-22-17-11-20-21(22)15-31-23(20)30-14-17/h3-6,16-17,20-23,25H,2,7-15H2,1H3,(H,26,28). The first-order chi connectivity index (χ1) is 16.2. The van der Waals surface area contributed by atoms with E-state index < -0.39 is 0 Å². The van der Waals surface area contributed by atoms with Crippen molar-refractivity contribution in [2.75, 3.05) is 53.0 Å². The van der Waals surface area contributed by atoms with Crippen LogP contribution in [0.1, 0.15) is 19.3 Å². The topological polar surface area (TPSA) is 81.3 Å². The maximum absolute atomic E-state index is 12.5. The van der Waals surface area contributed by atoms with Gasteiger partial charge in [-0.25, -0.2) is 9.10 Å². The predicted octanol–water partition coefficient (Wildman–Crippen LogP) is 2.74. The van der Waals surface area contributed by atoms with Crippen LogP contribution in [-0.4, -0.2) is 75.8 Å². The van der Waals surface area contributed by atoms with Gasteiger partial charge in [-0.15, -0.1) is 0 Å². The van der Waals surface area contributed by atoms with Crippen LogP contribution in [0.4, 0.5) is 4.79 Å². The van der Waals surface area contributed by atoms with Gasteiger partial charge in [0.25, 0.3) is 0 Å². The normalized spacial score (nSPS) is 32.3. The Morgan fingerprint density at radius 2 is 2.09 bits per heavy atom. The Balaban J connectivity index is 1.07. The van der Waals surface area contributed by atoms with Gasteiger partial charge in [0, 0.05) is 42.3 Å². The Morgan fingerprint density at radius 3 is 2.88 bits per heavy atom. The molecule has 1 amide bonds. The number of ether oxygens (including phenoxy) is 4. The summed E-state index contributed by atoms with van der Waals surface area (Å²) in [5.74, 6) is 2.50. The van der Waals surface area contributed by atoms with E-state index in [0.29, 0.717) is 37.5 Å². The van der Waals surface area contributed by atoms with Gasteiger partial charge in [-0.1, -0.05) is 0 Å². The van der Waals surface area contributed by atoms with Crippen LogP contribution in [0.5, 0.6) is 5.75 Å². The van der Waals surface area contributed by atoms with Crippen molar-refractivity contribution in [2.24, 2.45) is 23.7 Å². The molecule has 4 aliphatic rings. The number of benzene rings is 1. The van der Waals surface area contributed by atoms with Gasteiger partial charge >= 0.3 is 6.09 Å². The third kappa shape index (κ3) is 5.59. The molecule has 1 aromatic carbocycles. The highest BCUT2D eigenvalue weighted by atomic mass is 32.2. The summed E-state index contributed by atoms with van der Waals surface area (Å²) in [6, 6.07) is 8.18. The largest absolute Gasteiger partial charge is 0.497 e. The van der Waals surface area contributed by atoms with Crippen LogP contribution >= 0.6 is 11.9 Å². The second-order valence-electron chi connectivity index (χ2n) is 9.52. The molecule has 182 valence electrons. The van der Waals surface area contributed by atoms with Gasteiger partial charge in [0.2, 0.25) is 0 Å². The summed E-state index contributed by atoms with van der Waals surface area (Å²) in [6.45, 7) is 5.96. The Morgan fingerprint density at radius 1 is 1.24 bits per heavy atom. The van der Waals surface area contributed by atoms with Crippen molar-refractivity contribution < 1.29 is 23.7 Å². The molecule has 2 N–H and O–H groups in total. The van der Waals surface area contributed by atoms with Crippen molar-refractivity contribution in [1.82, 2.24) is 14.9 Å². The molecule has 1 aliphatic carbocycles. The Hall–Kier alpha value is -1.52. The number of methoxy groups -OCH3 is 1. The number of alkyl carbamates (subject to hydrolysis) is 1. The summed E-state index contributed by atoms with van der Waals surface area (Å²) >= 11 is 1.78. The fraction of sp³-hybridized carbons (Fsp3) is 0.708. The zero-order chi connectivity index (χ0) is 22.6. The van der Waals surface area contributed by atoms with Gasteiger partial charge in [0.15, 0.2) is 6.29 Å². The fourth-order valence-electron chi connectivity index (χ4n) is 5.58. The molecule has 6 unspecified atom stereocenters. The van der Waals surface area contributed by atoms with Crippen LogP contribution in [0.25, 0.3) is 0 Å². The Bertz CT molecular complexity index is 791. The lowest BCUT2D eigenvalue weighted by atomic mass is 9.98. The number of nitrogens with zero attached hydrogens (tertiary/aromatic N) is 1. The van der Waals surface area contributed by atoms with Crippen molar-refractivity contribution in [2.45, 2.75) is 36.6 Å². The fourth-order valence-corrected chi connectivity index (χ4v) is 6.64. The van der Waals surface area contributed by atoms with Gasteiger partial charge < -0.3 is 29.6 Å². The monoisotopic (exact) mass is 477 g/mol. The first-order valence-electron chi connectivity index (χ1n) is 12.1. The van der Waals surface area contributed by atoms with E-state index in [1.54, 1.807) is 19.1 Å². The Kier molecular flexibility index (Phi) is 7.62. The highest BCUT2D eigenvalue weighted by molar-refractivity contribution is 7.97. The number of carbonyl (C=O) groups is 1. The van der Waals surface area contributed by atoms with E-state index in [1.807, 2.05) is 12.1 Å². The quantitative estimate of drug-likeness (QED) is 0.393. The number of rotatable bonds is 10. The number of hydrogen-bond acceptors (Lipinski definition) is 8. The Labute approximate surface area is 200 Å². The minimum absolute atomic E-state index is 0.0838. The highest BCUT2D eigenvalue weighted by Gasteiger charge is 2.56. The third-order valence-electron chi connectivity index (χ3n) is 7.30. The molecular formula is C24H35N3O5S. The first-order valence-corrected chi connectivity index (χ1v) is 12.9. The minimum atomic E-state index is -0.314. The summed E-state index contributed by atoms with van der Waals surface area (Å²) in [6.07, 6.45) is 2.63. The molecule has 0 spiro atoms. The molecule has 3 heterocycles. The molecule has 0 aromatic heterocycles. The van der Waals surface area contributed by atoms with Crippen molar-refractivity contribution in [1.29, 1.82) is 0 Å². The summed E-state index contributed by atoms with van der Waals surface area (Å²) in [4.78, 5) is 13.7. The van der Waals surface area contributed by atoms with Crippen molar-refractivity contribution in [3.05, 3.63) is 24.3 Å². The van der Waals surface area contributed by atoms with Gasteiger partial charge in [0.1, 0.15) is 11.9 Å². The molecule has 0 radical (unpaired) electrons. The molecular weight excluding hydrogens is 442 g/mol. The number of nitrogens with one attached hydrogen (secondary N) is 2. The maximum atomic E-state index is 12.5. The second-order valence-corrected chi connectivity index (χ2v) is 10.7. The zero-order valence-corrected chi connectivity index (χ0v) is 20.1. The van der Waals surface area contributed by atoms with E-state index in [0.717, 1.165) is 44.8 Å². The van der Waals surface area contributed by atoms with Crippen LogP contribution in [0.3, 0.4) is 0 Å². The molecule has 4 fully saturated rings. The van der Waals surface area contributed by atoms with Crippen molar-refractivity contribution in [3.63, 3.8) is 0 Å². The average Bonchev–Trinajstić information content (AvgIpc) is 3.54. The molecule has 2 bridgehead atoms. The van der Waals surface area contributed by atoms with Gasteiger partial charge in [-0.3, -0.25) is 0 Å².